The quantitative estimate of drug-likeness (QED) is 0.797. The number of hydrogen-bond donors (Lipinski definition) is 1. The molecular weight excluding hydrogens is 314 g/mol. The number of hydrogen-bond acceptors (Lipinski definition) is 5. The maximum Gasteiger partial charge on any atom is 0.305 e. The second-order valence-electron chi connectivity index (χ2n) is 5.67. The predicted molar refractivity (Wildman–Crippen MR) is 81.1 cm³/mol. The molecule has 0 aromatic rings. The highest BCUT2D eigenvalue weighted by Gasteiger charge is 2.31. The molecule has 120 valence electrons. The Labute approximate surface area is 129 Å². The molecule has 21 heavy (non-hydrogen) atoms. The average Bonchev–Trinajstić information content (AvgIpc) is 2.75. The van der Waals surface area contributed by atoms with Gasteiger partial charge < -0.3 is 10.0 Å². The molecule has 6 nitrogen and oxygen atoms in total. The van der Waals surface area contributed by atoms with E-state index in [4.69, 9.17) is 5.11 Å². The van der Waals surface area contributed by atoms with Crippen LogP contribution in [0.2, 0.25) is 0 Å². The first-order chi connectivity index (χ1) is 9.87. The van der Waals surface area contributed by atoms with Crippen molar-refractivity contribution in [3.63, 3.8) is 0 Å². The Morgan fingerprint density at radius 3 is 2.62 bits per heavy atom. The van der Waals surface area contributed by atoms with Gasteiger partial charge in [-0.25, -0.2) is 8.42 Å². The second-order valence-corrected chi connectivity index (χ2v) is 9.19. The van der Waals surface area contributed by atoms with Crippen molar-refractivity contribution in [2.75, 3.05) is 23.8 Å². The van der Waals surface area contributed by atoms with Gasteiger partial charge in [-0.05, 0) is 25.7 Å². The summed E-state index contributed by atoms with van der Waals surface area (Å²) in [7, 11) is -2.92. The van der Waals surface area contributed by atoms with Crippen molar-refractivity contribution in [1.82, 2.24) is 4.90 Å². The highest BCUT2D eigenvalue weighted by molar-refractivity contribution is 8.02. The van der Waals surface area contributed by atoms with E-state index in [1.165, 1.54) is 11.8 Å². The molecule has 2 fully saturated rings. The Bertz CT molecular complexity index is 505. The van der Waals surface area contributed by atoms with E-state index in [0.717, 1.165) is 19.3 Å². The van der Waals surface area contributed by atoms with Crippen LogP contribution in [0.4, 0.5) is 0 Å². The monoisotopic (exact) mass is 335 g/mol. The molecule has 1 N–H and O–H groups in total. The van der Waals surface area contributed by atoms with Gasteiger partial charge in [-0.1, -0.05) is 0 Å². The molecule has 2 aliphatic rings. The number of nitrogens with zero attached hydrogens (tertiary/aromatic N) is 1. The van der Waals surface area contributed by atoms with Gasteiger partial charge in [0.1, 0.15) is 0 Å². The van der Waals surface area contributed by atoms with Gasteiger partial charge in [0, 0.05) is 17.8 Å². The van der Waals surface area contributed by atoms with Gasteiger partial charge >= 0.3 is 5.97 Å². The Kier molecular flexibility index (Phi) is 5.54. The number of carboxylic acid groups (broad SMARTS) is 1. The predicted octanol–water partition coefficient (Wildman–Crippen LogP) is 0.763. The summed E-state index contributed by atoms with van der Waals surface area (Å²) in [6, 6.07) is -0.211. The van der Waals surface area contributed by atoms with Crippen molar-refractivity contribution >= 4 is 33.5 Å². The molecule has 1 amide bonds. The van der Waals surface area contributed by atoms with Crippen LogP contribution in [0, 0.1) is 0 Å². The number of amides is 1. The lowest BCUT2D eigenvalue weighted by Crippen LogP contribution is -2.45. The van der Waals surface area contributed by atoms with Gasteiger partial charge in [0.15, 0.2) is 9.84 Å². The lowest BCUT2D eigenvalue weighted by molar-refractivity contribution is -0.141. The largest absolute Gasteiger partial charge is 0.481 e. The minimum atomic E-state index is -2.92. The SMILES string of the molecule is O=C(O)CC1CCCCN1C(=O)CSC1CCS(=O)(=O)C1. The molecule has 0 aromatic heterocycles. The van der Waals surface area contributed by atoms with Crippen LogP contribution in [0.1, 0.15) is 32.1 Å². The Morgan fingerprint density at radius 2 is 2.00 bits per heavy atom. The number of aliphatic carboxylic acids is 1. The molecule has 0 saturated carbocycles. The Morgan fingerprint density at radius 1 is 1.24 bits per heavy atom. The third kappa shape index (κ3) is 4.88. The van der Waals surface area contributed by atoms with E-state index < -0.39 is 15.8 Å². The number of carbonyl (C=O) groups is 2. The molecule has 0 radical (unpaired) electrons. The van der Waals surface area contributed by atoms with Crippen LogP contribution in [-0.2, 0) is 19.4 Å². The summed E-state index contributed by atoms with van der Waals surface area (Å²) >= 11 is 1.39. The molecule has 2 saturated heterocycles. The topological polar surface area (TPSA) is 91.8 Å². The van der Waals surface area contributed by atoms with E-state index in [-0.39, 0.29) is 40.9 Å². The van der Waals surface area contributed by atoms with Crippen LogP contribution < -0.4 is 0 Å². The van der Waals surface area contributed by atoms with Crippen LogP contribution in [0.15, 0.2) is 0 Å². The number of rotatable bonds is 5. The number of piperidine rings is 1. The molecule has 0 spiro atoms. The second kappa shape index (κ2) is 7.00. The van der Waals surface area contributed by atoms with Gasteiger partial charge in [0.05, 0.1) is 23.7 Å². The maximum absolute atomic E-state index is 12.3. The maximum atomic E-state index is 12.3. The minimum Gasteiger partial charge on any atom is -0.481 e. The summed E-state index contributed by atoms with van der Waals surface area (Å²) in [5.74, 6) is -0.325. The number of carbonyl (C=O) groups excluding carboxylic acids is 1. The zero-order valence-electron chi connectivity index (χ0n) is 11.9. The van der Waals surface area contributed by atoms with Crippen LogP contribution in [-0.4, -0.2) is 65.4 Å². The third-order valence-electron chi connectivity index (χ3n) is 3.99. The lowest BCUT2D eigenvalue weighted by atomic mass is 9.99. The summed E-state index contributed by atoms with van der Waals surface area (Å²) in [5, 5.41) is 8.92. The highest BCUT2D eigenvalue weighted by atomic mass is 32.2. The standard InChI is InChI=1S/C13H21NO5S2/c15-12(8-20-11-4-6-21(18,19)9-11)14-5-2-1-3-10(14)7-13(16)17/h10-11H,1-9H2,(H,16,17). The van der Waals surface area contributed by atoms with E-state index in [2.05, 4.69) is 0 Å². The van der Waals surface area contributed by atoms with E-state index in [1.54, 1.807) is 4.90 Å². The van der Waals surface area contributed by atoms with Crippen LogP contribution in [0.25, 0.3) is 0 Å². The Balaban J connectivity index is 1.85. The van der Waals surface area contributed by atoms with E-state index in [0.29, 0.717) is 13.0 Å². The fourth-order valence-electron chi connectivity index (χ4n) is 2.91. The van der Waals surface area contributed by atoms with Crippen molar-refractivity contribution in [2.24, 2.45) is 0 Å². The first-order valence-corrected chi connectivity index (χ1v) is 10.1. The van der Waals surface area contributed by atoms with Crippen molar-refractivity contribution < 1.29 is 23.1 Å². The molecule has 2 aliphatic heterocycles. The Hall–Kier alpha value is -0.760. The van der Waals surface area contributed by atoms with Crippen molar-refractivity contribution in [3.05, 3.63) is 0 Å². The van der Waals surface area contributed by atoms with Gasteiger partial charge in [-0.15, -0.1) is 11.8 Å². The average molecular weight is 335 g/mol. The highest BCUT2D eigenvalue weighted by Crippen LogP contribution is 2.26. The molecular formula is C13H21NO5S2. The van der Waals surface area contributed by atoms with E-state index in [1.807, 2.05) is 0 Å². The van der Waals surface area contributed by atoms with Gasteiger partial charge in [0.25, 0.3) is 0 Å². The fourth-order valence-corrected chi connectivity index (χ4v) is 6.44. The van der Waals surface area contributed by atoms with Crippen molar-refractivity contribution in [3.8, 4) is 0 Å². The van der Waals surface area contributed by atoms with Crippen molar-refractivity contribution in [1.29, 1.82) is 0 Å². The van der Waals surface area contributed by atoms with Gasteiger partial charge in [-0.2, -0.15) is 0 Å². The van der Waals surface area contributed by atoms with Crippen molar-refractivity contribution in [2.45, 2.75) is 43.4 Å². The first-order valence-electron chi connectivity index (χ1n) is 7.21. The van der Waals surface area contributed by atoms with Crippen LogP contribution in [0.3, 0.4) is 0 Å². The molecule has 0 aliphatic carbocycles. The number of likely N-dealkylation sites (tertiary alicyclic amines) is 1. The summed E-state index contributed by atoms with van der Waals surface area (Å²) in [4.78, 5) is 24.8. The lowest BCUT2D eigenvalue weighted by Gasteiger charge is -2.35. The van der Waals surface area contributed by atoms with Gasteiger partial charge in [-0.3, -0.25) is 9.59 Å². The minimum absolute atomic E-state index is 0.00154. The fraction of sp³-hybridized carbons (Fsp3) is 0.846. The number of sulfone groups is 1. The smallest absolute Gasteiger partial charge is 0.305 e. The van der Waals surface area contributed by atoms with Crippen LogP contribution in [0.5, 0.6) is 0 Å². The molecule has 2 heterocycles. The molecule has 0 bridgehead atoms. The van der Waals surface area contributed by atoms with Gasteiger partial charge in [0.2, 0.25) is 5.91 Å². The zero-order valence-corrected chi connectivity index (χ0v) is 13.5. The number of carboxylic acids is 1. The molecule has 0 aromatic carbocycles. The zero-order chi connectivity index (χ0) is 15.5. The summed E-state index contributed by atoms with van der Waals surface area (Å²) in [5.41, 5.74) is 0. The number of thioether (sulfide) groups is 1. The van der Waals surface area contributed by atoms with Crippen LogP contribution >= 0.6 is 11.8 Å². The molecule has 8 heteroatoms. The normalized spacial score (nSPS) is 28.5. The summed E-state index contributed by atoms with van der Waals surface area (Å²) in [6.07, 6.45) is 3.20. The van der Waals surface area contributed by atoms with E-state index in [9.17, 15) is 18.0 Å². The third-order valence-corrected chi connectivity index (χ3v) is 7.26. The molecule has 2 atom stereocenters. The summed E-state index contributed by atoms with van der Waals surface area (Å²) in [6.45, 7) is 0.611. The molecule has 2 rings (SSSR count). The molecule has 2 unspecified atom stereocenters. The van der Waals surface area contributed by atoms with E-state index >= 15 is 0 Å². The first kappa shape index (κ1) is 16.6. The summed E-state index contributed by atoms with van der Waals surface area (Å²) < 4.78 is 22.8.